The van der Waals surface area contributed by atoms with Gasteiger partial charge in [-0.15, -0.1) is 0 Å². The van der Waals surface area contributed by atoms with Crippen LogP contribution >= 0.6 is 11.8 Å². The smallest absolute Gasteiger partial charge is 0.0965 e. The molecule has 20 heavy (non-hydrogen) atoms. The molecule has 1 N–H and O–H groups in total. The van der Waals surface area contributed by atoms with E-state index >= 15 is 0 Å². The van der Waals surface area contributed by atoms with Crippen LogP contribution in [0.4, 0.5) is 0 Å². The molecule has 1 heterocycles. The lowest BCUT2D eigenvalue weighted by molar-refractivity contribution is 0.165. The number of hydrogen-bond acceptors (Lipinski definition) is 5. The van der Waals surface area contributed by atoms with E-state index in [9.17, 15) is 0 Å². The Morgan fingerprint density at radius 3 is 3.00 bits per heavy atom. The van der Waals surface area contributed by atoms with Crippen molar-refractivity contribution in [3.63, 3.8) is 0 Å². The number of thioether (sulfide) groups is 1. The molecule has 1 aromatic heterocycles. The van der Waals surface area contributed by atoms with Crippen LogP contribution in [-0.4, -0.2) is 34.9 Å². The summed E-state index contributed by atoms with van der Waals surface area (Å²) < 4.78 is 5.15. The first-order chi connectivity index (χ1) is 9.74. The van der Waals surface area contributed by atoms with Crippen LogP contribution in [0.25, 0.3) is 10.9 Å². The number of methoxy groups -OCH3 is 1. The SMILES string of the molecule is COC(C)C(CSCc1cnc2ccccc2c1)=NO. The van der Waals surface area contributed by atoms with Gasteiger partial charge in [0.05, 0.1) is 17.3 Å². The minimum atomic E-state index is -0.165. The van der Waals surface area contributed by atoms with E-state index in [0.717, 1.165) is 22.2 Å². The van der Waals surface area contributed by atoms with Gasteiger partial charge >= 0.3 is 0 Å². The lowest BCUT2D eigenvalue weighted by Gasteiger charge is -2.11. The number of ether oxygens (including phenoxy) is 1. The normalized spacial score (nSPS) is 13.6. The van der Waals surface area contributed by atoms with E-state index in [1.807, 2.05) is 31.3 Å². The van der Waals surface area contributed by atoms with E-state index in [1.165, 1.54) is 0 Å². The first-order valence-corrected chi connectivity index (χ1v) is 7.55. The van der Waals surface area contributed by atoms with E-state index < -0.39 is 0 Å². The van der Waals surface area contributed by atoms with Crippen LogP contribution in [0.1, 0.15) is 12.5 Å². The highest BCUT2D eigenvalue weighted by Crippen LogP contribution is 2.17. The summed E-state index contributed by atoms with van der Waals surface area (Å²) in [7, 11) is 1.60. The molecule has 0 spiro atoms. The van der Waals surface area contributed by atoms with Gasteiger partial charge in [0.2, 0.25) is 0 Å². The molecule has 2 rings (SSSR count). The van der Waals surface area contributed by atoms with E-state index in [0.29, 0.717) is 11.5 Å². The van der Waals surface area contributed by atoms with Crippen molar-refractivity contribution in [3.8, 4) is 0 Å². The largest absolute Gasteiger partial charge is 0.411 e. The van der Waals surface area contributed by atoms with Crippen molar-refractivity contribution in [1.82, 2.24) is 4.98 Å². The molecule has 4 nitrogen and oxygen atoms in total. The van der Waals surface area contributed by atoms with Crippen LogP contribution in [0.3, 0.4) is 0 Å². The molecule has 0 saturated heterocycles. The summed E-state index contributed by atoms with van der Waals surface area (Å²) in [6.45, 7) is 1.87. The average molecular weight is 290 g/mol. The van der Waals surface area contributed by atoms with Crippen molar-refractivity contribution in [1.29, 1.82) is 0 Å². The number of aromatic nitrogens is 1. The zero-order chi connectivity index (χ0) is 14.4. The second-order valence-corrected chi connectivity index (χ2v) is 5.48. The molecule has 106 valence electrons. The van der Waals surface area contributed by atoms with Gasteiger partial charge in [-0.3, -0.25) is 4.98 Å². The van der Waals surface area contributed by atoms with Gasteiger partial charge in [0, 0.05) is 30.2 Å². The average Bonchev–Trinajstić information content (AvgIpc) is 2.50. The number of rotatable bonds is 6. The third-order valence-corrected chi connectivity index (χ3v) is 4.15. The Balaban J connectivity index is 1.96. The topological polar surface area (TPSA) is 54.7 Å². The standard InChI is InChI=1S/C15H18N2O2S/c1-11(19-2)15(17-18)10-20-9-12-7-13-5-3-4-6-14(13)16-8-12/h3-8,11,18H,9-10H2,1-2H3. The lowest BCUT2D eigenvalue weighted by atomic mass is 10.2. The molecule has 0 saturated carbocycles. The highest BCUT2D eigenvalue weighted by atomic mass is 32.2. The zero-order valence-electron chi connectivity index (χ0n) is 11.6. The van der Waals surface area contributed by atoms with Crippen LogP contribution in [0, 0.1) is 0 Å². The first-order valence-electron chi connectivity index (χ1n) is 6.39. The number of benzene rings is 1. The molecule has 2 aromatic rings. The molecular formula is C15H18N2O2S. The van der Waals surface area contributed by atoms with E-state index in [4.69, 9.17) is 9.94 Å². The van der Waals surface area contributed by atoms with Crippen molar-refractivity contribution in [2.24, 2.45) is 5.16 Å². The number of hydrogen-bond donors (Lipinski definition) is 1. The van der Waals surface area contributed by atoms with Crippen molar-refractivity contribution >= 4 is 28.4 Å². The Morgan fingerprint density at radius 2 is 2.25 bits per heavy atom. The second kappa shape index (κ2) is 7.26. The highest BCUT2D eigenvalue weighted by molar-refractivity contribution is 7.99. The summed E-state index contributed by atoms with van der Waals surface area (Å²) in [5.74, 6) is 1.46. The molecule has 5 heteroatoms. The molecule has 0 fully saturated rings. The monoisotopic (exact) mass is 290 g/mol. The Morgan fingerprint density at radius 1 is 1.45 bits per heavy atom. The number of pyridine rings is 1. The van der Waals surface area contributed by atoms with Crippen molar-refractivity contribution < 1.29 is 9.94 Å². The van der Waals surface area contributed by atoms with Crippen LogP contribution in [0.2, 0.25) is 0 Å². The molecule has 0 aliphatic rings. The fourth-order valence-electron chi connectivity index (χ4n) is 1.83. The molecule has 0 aliphatic carbocycles. The molecule has 1 aromatic carbocycles. The van der Waals surface area contributed by atoms with Gasteiger partial charge in [-0.05, 0) is 24.6 Å². The van der Waals surface area contributed by atoms with Gasteiger partial charge in [-0.2, -0.15) is 11.8 Å². The minimum Gasteiger partial charge on any atom is -0.411 e. The van der Waals surface area contributed by atoms with Gasteiger partial charge in [0.15, 0.2) is 0 Å². The molecule has 0 aliphatic heterocycles. The van der Waals surface area contributed by atoms with Crippen LogP contribution in [-0.2, 0) is 10.5 Å². The molecule has 0 amide bonds. The first kappa shape index (κ1) is 14.8. The third kappa shape index (κ3) is 3.71. The third-order valence-electron chi connectivity index (χ3n) is 3.12. The lowest BCUT2D eigenvalue weighted by Crippen LogP contribution is -2.21. The van der Waals surface area contributed by atoms with E-state index in [-0.39, 0.29) is 6.10 Å². The number of para-hydroxylation sites is 1. The fourth-order valence-corrected chi connectivity index (χ4v) is 2.83. The maximum absolute atomic E-state index is 8.95. The van der Waals surface area contributed by atoms with Gasteiger partial charge in [-0.1, -0.05) is 23.4 Å². The highest BCUT2D eigenvalue weighted by Gasteiger charge is 2.10. The Bertz CT molecular complexity index is 601. The number of oxime groups is 1. The molecule has 1 unspecified atom stereocenters. The summed E-state index contributed by atoms with van der Waals surface area (Å²) >= 11 is 1.68. The summed E-state index contributed by atoms with van der Waals surface area (Å²) in [4.78, 5) is 4.43. The predicted octanol–water partition coefficient (Wildman–Crippen LogP) is 3.33. The summed E-state index contributed by atoms with van der Waals surface area (Å²) in [5, 5.41) is 13.4. The van der Waals surface area contributed by atoms with Gasteiger partial charge in [-0.25, -0.2) is 0 Å². The quantitative estimate of drug-likeness (QED) is 0.503. The summed E-state index contributed by atoms with van der Waals surface area (Å²) in [5.41, 5.74) is 2.81. The zero-order valence-corrected chi connectivity index (χ0v) is 12.4. The van der Waals surface area contributed by atoms with Crippen molar-refractivity contribution in [2.75, 3.05) is 12.9 Å². The van der Waals surface area contributed by atoms with Crippen molar-refractivity contribution in [3.05, 3.63) is 42.1 Å². The van der Waals surface area contributed by atoms with Crippen LogP contribution in [0.15, 0.2) is 41.7 Å². The maximum atomic E-state index is 8.95. The van der Waals surface area contributed by atoms with Crippen molar-refractivity contribution in [2.45, 2.75) is 18.8 Å². The number of nitrogens with zero attached hydrogens (tertiary/aromatic N) is 2. The fraction of sp³-hybridized carbons (Fsp3) is 0.333. The molecule has 1 atom stereocenters. The minimum absolute atomic E-state index is 0.165. The van der Waals surface area contributed by atoms with Gasteiger partial charge < -0.3 is 9.94 Å². The van der Waals surface area contributed by atoms with E-state index in [2.05, 4.69) is 22.3 Å². The number of fused-ring (bicyclic) bond motifs is 1. The Labute approximate surface area is 122 Å². The Kier molecular flexibility index (Phi) is 5.38. The Hall–Kier alpha value is -1.59. The van der Waals surface area contributed by atoms with Gasteiger partial charge in [0.25, 0.3) is 0 Å². The van der Waals surface area contributed by atoms with Crippen LogP contribution in [0.5, 0.6) is 0 Å². The molecule has 0 bridgehead atoms. The van der Waals surface area contributed by atoms with E-state index in [1.54, 1.807) is 18.9 Å². The molecule has 0 radical (unpaired) electrons. The predicted molar refractivity (Wildman–Crippen MR) is 83.6 cm³/mol. The molecular weight excluding hydrogens is 272 g/mol. The van der Waals surface area contributed by atoms with Crippen LogP contribution < -0.4 is 0 Å². The second-order valence-electron chi connectivity index (χ2n) is 4.50. The summed E-state index contributed by atoms with van der Waals surface area (Å²) in [6, 6.07) is 10.2. The maximum Gasteiger partial charge on any atom is 0.0965 e. The van der Waals surface area contributed by atoms with Gasteiger partial charge in [0.1, 0.15) is 0 Å². The summed E-state index contributed by atoms with van der Waals surface area (Å²) in [6.07, 6.45) is 1.73.